The first kappa shape index (κ1) is 24.2. The minimum atomic E-state index is -0.212. The van der Waals surface area contributed by atoms with Gasteiger partial charge in [-0.15, -0.1) is 0 Å². The number of aliphatic imine (C=N–C) groups is 2. The molecule has 1 aromatic heterocycles. The normalized spacial score (nSPS) is 15.4. The zero-order valence-electron chi connectivity index (χ0n) is 21.9. The van der Waals surface area contributed by atoms with Crippen LogP contribution in [0, 0.1) is 6.92 Å². The molecule has 0 spiro atoms. The zero-order valence-corrected chi connectivity index (χ0v) is 22.7. The number of hydrogen-bond donors (Lipinski definition) is 1. The Balaban J connectivity index is 1.48. The molecule has 1 atom stereocenters. The third kappa shape index (κ3) is 4.03. The molecule has 2 aliphatic rings. The molecular formula is C32H25ClN6O. The number of hydrogen-bond acceptors (Lipinski definition) is 6. The van der Waals surface area contributed by atoms with Crippen LogP contribution in [0.2, 0.25) is 5.02 Å². The smallest absolute Gasteiger partial charge is 0.179 e. The molecule has 1 N–H and O–H groups in total. The number of halogens is 1. The first-order valence-electron chi connectivity index (χ1n) is 13.0. The van der Waals surface area contributed by atoms with Crippen LogP contribution in [0.3, 0.4) is 0 Å². The van der Waals surface area contributed by atoms with E-state index in [4.69, 9.17) is 31.4 Å². The molecule has 5 aromatic rings. The average Bonchev–Trinajstić information content (AvgIpc) is 3.33. The number of amidine groups is 2. The van der Waals surface area contributed by atoms with E-state index in [1.54, 1.807) is 7.11 Å². The number of para-hydroxylation sites is 3. The van der Waals surface area contributed by atoms with Crippen LogP contribution < -0.4 is 15.0 Å². The van der Waals surface area contributed by atoms with Gasteiger partial charge in [0.1, 0.15) is 5.75 Å². The minimum Gasteiger partial charge on any atom is -0.497 e. The molecule has 1 unspecified atom stereocenters. The van der Waals surface area contributed by atoms with Gasteiger partial charge in [0.15, 0.2) is 17.5 Å². The summed E-state index contributed by atoms with van der Waals surface area (Å²) >= 11 is 6.33. The summed E-state index contributed by atoms with van der Waals surface area (Å²) in [7, 11) is 1.66. The standard InChI is InChI=1S/C32H25ClN6O/c1-20-28-29(21-15-17-22(33)18-16-21)38-27-14-7-6-13-26(27)35-30(34-23-9-8-12-25(19-23)40-2)32(38)36-31(28)39(37-20)24-10-4-3-5-11-24/h3-19,29H,1-2H3,(H,34,35). The van der Waals surface area contributed by atoms with Gasteiger partial charge in [0.05, 0.1) is 35.9 Å². The molecule has 2 aliphatic heterocycles. The molecule has 0 radical (unpaired) electrons. The molecule has 7 rings (SSSR count). The number of aromatic nitrogens is 2. The van der Waals surface area contributed by atoms with E-state index in [1.165, 1.54) is 0 Å². The number of fused-ring (bicyclic) bond motifs is 4. The number of benzene rings is 4. The van der Waals surface area contributed by atoms with E-state index in [9.17, 15) is 0 Å². The van der Waals surface area contributed by atoms with Gasteiger partial charge < -0.3 is 15.0 Å². The van der Waals surface area contributed by atoms with Crippen molar-refractivity contribution in [1.29, 1.82) is 0 Å². The lowest BCUT2D eigenvalue weighted by molar-refractivity contribution is 0.415. The van der Waals surface area contributed by atoms with Crippen LogP contribution in [0.25, 0.3) is 5.69 Å². The Kier molecular flexibility index (Phi) is 5.86. The molecule has 7 nitrogen and oxygen atoms in total. The molecule has 0 aliphatic carbocycles. The van der Waals surface area contributed by atoms with Crippen LogP contribution in [-0.4, -0.2) is 28.6 Å². The lowest BCUT2D eigenvalue weighted by Gasteiger charge is -2.40. The lowest BCUT2D eigenvalue weighted by Crippen LogP contribution is -2.46. The highest BCUT2D eigenvalue weighted by molar-refractivity contribution is 6.51. The summed E-state index contributed by atoms with van der Waals surface area (Å²) in [6.45, 7) is 2.04. The Hall–Kier alpha value is -4.88. The fraction of sp³-hybridized carbons (Fsp3) is 0.0938. The molecule has 0 saturated heterocycles. The summed E-state index contributed by atoms with van der Waals surface area (Å²) in [4.78, 5) is 12.6. The number of methoxy groups -OCH3 is 1. The Labute approximate surface area is 237 Å². The minimum absolute atomic E-state index is 0.212. The Bertz CT molecular complexity index is 1790. The quantitative estimate of drug-likeness (QED) is 0.252. The molecule has 0 fully saturated rings. The van der Waals surface area contributed by atoms with E-state index in [0.717, 1.165) is 51.1 Å². The highest BCUT2D eigenvalue weighted by Crippen LogP contribution is 2.48. The van der Waals surface area contributed by atoms with Gasteiger partial charge in [-0.05, 0) is 61.0 Å². The number of ether oxygens (including phenoxy) is 1. The molecule has 8 heteroatoms. The number of nitrogens with one attached hydrogen (secondary N) is 1. The van der Waals surface area contributed by atoms with Crippen LogP contribution in [0.1, 0.15) is 22.9 Å². The molecule has 4 aromatic carbocycles. The van der Waals surface area contributed by atoms with Crippen LogP contribution in [0.5, 0.6) is 5.75 Å². The fourth-order valence-electron chi connectivity index (χ4n) is 5.34. The summed E-state index contributed by atoms with van der Waals surface area (Å²) in [6, 6.07) is 33.8. The van der Waals surface area contributed by atoms with E-state index in [-0.39, 0.29) is 6.04 Å². The zero-order chi connectivity index (χ0) is 27.2. The van der Waals surface area contributed by atoms with E-state index < -0.39 is 0 Å². The molecule has 3 heterocycles. The summed E-state index contributed by atoms with van der Waals surface area (Å²) in [6.07, 6.45) is 0. The molecule has 196 valence electrons. The topological polar surface area (TPSA) is 67.0 Å². The van der Waals surface area contributed by atoms with Gasteiger partial charge in [0.25, 0.3) is 0 Å². The lowest BCUT2D eigenvalue weighted by atomic mass is 9.93. The van der Waals surface area contributed by atoms with Crippen molar-refractivity contribution < 1.29 is 4.74 Å². The highest BCUT2D eigenvalue weighted by atomic mass is 35.5. The first-order valence-corrected chi connectivity index (χ1v) is 13.4. The van der Waals surface area contributed by atoms with E-state index >= 15 is 0 Å². The third-order valence-electron chi connectivity index (χ3n) is 7.16. The van der Waals surface area contributed by atoms with Gasteiger partial charge in [-0.25, -0.2) is 14.7 Å². The average molecular weight is 545 g/mol. The van der Waals surface area contributed by atoms with Gasteiger partial charge in [-0.1, -0.05) is 60.1 Å². The van der Waals surface area contributed by atoms with Gasteiger partial charge >= 0.3 is 0 Å². The van der Waals surface area contributed by atoms with Gasteiger partial charge in [-0.3, -0.25) is 0 Å². The maximum absolute atomic E-state index is 6.33. The molecule has 0 amide bonds. The van der Waals surface area contributed by atoms with Crippen molar-refractivity contribution in [3.63, 3.8) is 0 Å². The second-order valence-electron chi connectivity index (χ2n) is 9.64. The second-order valence-corrected chi connectivity index (χ2v) is 10.1. The maximum Gasteiger partial charge on any atom is 0.179 e. The molecular weight excluding hydrogens is 520 g/mol. The van der Waals surface area contributed by atoms with Crippen molar-refractivity contribution in [3.05, 3.63) is 125 Å². The van der Waals surface area contributed by atoms with Crippen LogP contribution in [0.15, 0.2) is 113 Å². The van der Waals surface area contributed by atoms with Crippen molar-refractivity contribution >= 4 is 46.2 Å². The second kappa shape index (κ2) is 9.70. The summed E-state index contributed by atoms with van der Waals surface area (Å²) < 4.78 is 7.38. The van der Waals surface area contributed by atoms with Gasteiger partial charge in [0, 0.05) is 22.3 Å². The van der Waals surface area contributed by atoms with Crippen molar-refractivity contribution in [3.8, 4) is 11.4 Å². The largest absolute Gasteiger partial charge is 0.497 e. The van der Waals surface area contributed by atoms with Crippen LogP contribution >= 0.6 is 11.6 Å². The number of rotatable bonds is 4. The predicted octanol–water partition coefficient (Wildman–Crippen LogP) is 7.64. The predicted molar refractivity (Wildman–Crippen MR) is 161 cm³/mol. The van der Waals surface area contributed by atoms with Crippen molar-refractivity contribution in [2.24, 2.45) is 9.98 Å². The van der Waals surface area contributed by atoms with Crippen LogP contribution in [-0.2, 0) is 0 Å². The van der Waals surface area contributed by atoms with E-state index in [1.807, 2.05) is 96.5 Å². The highest BCUT2D eigenvalue weighted by Gasteiger charge is 2.41. The Morgan fingerprint density at radius 3 is 2.42 bits per heavy atom. The van der Waals surface area contributed by atoms with E-state index in [2.05, 4.69) is 28.4 Å². The van der Waals surface area contributed by atoms with Crippen LogP contribution in [0.4, 0.5) is 22.9 Å². The van der Waals surface area contributed by atoms with Gasteiger partial charge in [0.2, 0.25) is 0 Å². The van der Waals surface area contributed by atoms with Crippen molar-refractivity contribution in [2.45, 2.75) is 13.0 Å². The monoisotopic (exact) mass is 544 g/mol. The summed E-state index contributed by atoms with van der Waals surface area (Å²) in [5.74, 6) is 2.86. The third-order valence-corrected chi connectivity index (χ3v) is 7.41. The number of anilines is 2. The fourth-order valence-corrected chi connectivity index (χ4v) is 5.47. The first-order chi connectivity index (χ1) is 19.6. The summed E-state index contributed by atoms with van der Waals surface area (Å²) in [5.41, 5.74) is 6.62. The Morgan fingerprint density at radius 2 is 1.62 bits per heavy atom. The molecule has 40 heavy (non-hydrogen) atoms. The van der Waals surface area contributed by atoms with Crippen molar-refractivity contribution in [1.82, 2.24) is 9.78 Å². The molecule has 0 bridgehead atoms. The van der Waals surface area contributed by atoms with Crippen molar-refractivity contribution in [2.75, 3.05) is 17.3 Å². The van der Waals surface area contributed by atoms with E-state index in [0.29, 0.717) is 16.7 Å². The summed E-state index contributed by atoms with van der Waals surface area (Å²) in [5, 5.41) is 9.19. The number of nitrogens with zero attached hydrogens (tertiary/aromatic N) is 5. The Morgan fingerprint density at radius 1 is 0.850 bits per heavy atom. The number of aryl methyl sites for hydroxylation is 1. The molecule has 0 saturated carbocycles. The van der Waals surface area contributed by atoms with Gasteiger partial charge in [-0.2, -0.15) is 5.10 Å². The maximum atomic E-state index is 6.33. The SMILES string of the molecule is COc1cccc(NC2=Nc3ccccc3N3C2=Nc2c(c(C)nn2-c2ccccc2)C3c2ccc(Cl)cc2)c1.